The third-order valence-electron chi connectivity index (χ3n) is 2.17. The van der Waals surface area contributed by atoms with E-state index in [1.807, 2.05) is 19.9 Å². The lowest BCUT2D eigenvalue weighted by Crippen LogP contribution is -1.87. The van der Waals surface area contributed by atoms with Gasteiger partial charge < -0.3 is 5.11 Å². The van der Waals surface area contributed by atoms with E-state index in [-0.39, 0.29) is 5.75 Å². The number of aryl methyl sites for hydroxylation is 2. The predicted molar refractivity (Wildman–Crippen MR) is 50.7 cm³/mol. The third-order valence-corrected chi connectivity index (χ3v) is 2.17. The summed E-state index contributed by atoms with van der Waals surface area (Å²) in [4.78, 5) is 7.96. The zero-order valence-corrected chi connectivity index (χ0v) is 7.57. The Morgan fingerprint density at radius 2 is 2.00 bits per heavy atom. The highest BCUT2D eigenvalue weighted by molar-refractivity contribution is 5.87. The topological polar surface area (TPSA) is 46.0 Å². The number of hydrogen-bond donors (Lipinski definition) is 1. The first-order valence-corrected chi connectivity index (χ1v) is 4.09. The minimum atomic E-state index is 0.253. The Labute approximate surface area is 76.1 Å². The van der Waals surface area contributed by atoms with Crippen LogP contribution in [0.3, 0.4) is 0 Å². The molecule has 0 bridgehead atoms. The highest BCUT2D eigenvalue weighted by Crippen LogP contribution is 2.28. The average molecular weight is 174 g/mol. The highest BCUT2D eigenvalue weighted by atomic mass is 16.3. The number of phenolic OH excluding ortho intramolecular Hbond substituents is 1. The lowest BCUT2D eigenvalue weighted by Gasteiger charge is -2.05. The maximum atomic E-state index is 9.69. The molecule has 1 N–H and O–H groups in total. The fourth-order valence-electron chi connectivity index (χ4n) is 1.46. The Balaban J connectivity index is 2.97. The summed E-state index contributed by atoms with van der Waals surface area (Å²) in [5.41, 5.74) is 2.57. The first kappa shape index (κ1) is 7.98. The molecular weight excluding hydrogens is 164 g/mol. The molecule has 2 aromatic rings. The van der Waals surface area contributed by atoms with Crippen LogP contribution in [0.25, 0.3) is 10.9 Å². The van der Waals surface area contributed by atoms with Gasteiger partial charge in [0.1, 0.15) is 17.6 Å². The summed E-state index contributed by atoms with van der Waals surface area (Å²) in [7, 11) is 0. The van der Waals surface area contributed by atoms with E-state index in [4.69, 9.17) is 0 Å². The number of phenols is 1. The summed E-state index contributed by atoms with van der Waals surface area (Å²) >= 11 is 0. The van der Waals surface area contributed by atoms with Gasteiger partial charge in [0, 0.05) is 11.6 Å². The Morgan fingerprint density at radius 3 is 2.77 bits per heavy atom. The van der Waals surface area contributed by atoms with Crippen LogP contribution in [0, 0.1) is 13.8 Å². The van der Waals surface area contributed by atoms with E-state index in [1.165, 1.54) is 6.33 Å². The monoisotopic (exact) mass is 174 g/mol. The largest absolute Gasteiger partial charge is 0.505 e. The van der Waals surface area contributed by atoms with Crippen molar-refractivity contribution in [2.45, 2.75) is 13.8 Å². The molecule has 1 aromatic heterocycles. The Morgan fingerprint density at radius 1 is 1.23 bits per heavy atom. The number of hydrogen-bond acceptors (Lipinski definition) is 3. The van der Waals surface area contributed by atoms with Crippen molar-refractivity contribution < 1.29 is 5.11 Å². The van der Waals surface area contributed by atoms with Gasteiger partial charge in [-0.25, -0.2) is 9.97 Å². The molecule has 1 heterocycles. The van der Waals surface area contributed by atoms with Gasteiger partial charge in [0.25, 0.3) is 0 Å². The summed E-state index contributed by atoms with van der Waals surface area (Å²) in [6, 6.07) is 1.93. The van der Waals surface area contributed by atoms with Crippen molar-refractivity contribution in [3.05, 3.63) is 29.7 Å². The molecule has 0 aliphatic carbocycles. The second kappa shape index (κ2) is 2.69. The Bertz CT molecular complexity index is 466. The fourth-order valence-corrected chi connectivity index (χ4v) is 1.46. The van der Waals surface area contributed by atoms with Crippen LogP contribution >= 0.6 is 0 Å². The van der Waals surface area contributed by atoms with E-state index in [0.717, 1.165) is 16.5 Å². The molecule has 0 atom stereocenters. The van der Waals surface area contributed by atoms with Gasteiger partial charge in [0.15, 0.2) is 0 Å². The molecule has 0 saturated heterocycles. The van der Waals surface area contributed by atoms with Crippen LogP contribution in [0.1, 0.15) is 11.1 Å². The van der Waals surface area contributed by atoms with Crippen molar-refractivity contribution in [2.24, 2.45) is 0 Å². The third kappa shape index (κ3) is 1.13. The second-order valence-electron chi connectivity index (χ2n) is 3.14. The lowest BCUT2D eigenvalue weighted by molar-refractivity contribution is 0.476. The SMILES string of the molecule is Cc1cc(C)c2cncnc2c1O. The van der Waals surface area contributed by atoms with E-state index >= 15 is 0 Å². The molecule has 0 fully saturated rings. The Kier molecular flexibility index (Phi) is 1.65. The molecule has 3 nitrogen and oxygen atoms in total. The summed E-state index contributed by atoms with van der Waals surface area (Å²) in [6.45, 7) is 3.85. The van der Waals surface area contributed by atoms with E-state index in [1.54, 1.807) is 6.20 Å². The molecule has 13 heavy (non-hydrogen) atoms. The van der Waals surface area contributed by atoms with Crippen LogP contribution in [0.4, 0.5) is 0 Å². The van der Waals surface area contributed by atoms with Gasteiger partial charge in [-0.05, 0) is 25.0 Å². The number of fused-ring (bicyclic) bond motifs is 1. The Hall–Kier alpha value is -1.64. The standard InChI is InChI=1S/C10H10N2O/c1-6-3-7(2)10(13)9-8(6)4-11-5-12-9/h3-5,13H,1-2H3. The smallest absolute Gasteiger partial charge is 0.144 e. The van der Waals surface area contributed by atoms with Gasteiger partial charge in [0.05, 0.1) is 0 Å². The number of benzene rings is 1. The maximum absolute atomic E-state index is 9.69. The minimum Gasteiger partial charge on any atom is -0.505 e. The van der Waals surface area contributed by atoms with Crippen molar-refractivity contribution >= 4 is 10.9 Å². The molecule has 0 radical (unpaired) electrons. The lowest BCUT2D eigenvalue weighted by atomic mass is 10.1. The molecule has 0 aliphatic heterocycles. The molecular formula is C10H10N2O. The number of rotatable bonds is 0. The summed E-state index contributed by atoms with van der Waals surface area (Å²) in [5.74, 6) is 0.253. The first-order chi connectivity index (χ1) is 6.20. The molecule has 0 saturated carbocycles. The van der Waals surface area contributed by atoms with Crippen molar-refractivity contribution in [1.82, 2.24) is 9.97 Å². The molecule has 0 unspecified atom stereocenters. The van der Waals surface area contributed by atoms with Crippen molar-refractivity contribution in [3.63, 3.8) is 0 Å². The molecule has 1 aromatic carbocycles. The quantitative estimate of drug-likeness (QED) is 0.664. The number of nitrogens with zero attached hydrogens (tertiary/aromatic N) is 2. The van der Waals surface area contributed by atoms with Crippen LogP contribution in [-0.2, 0) is 0 Å². The van der Waals surface area contributed by atoms with Gasteiger partial charge in [-0.3, -0.25) is 0 Å². The first-order valence-electron chi connectivity index (χ1n) is 4.09. The van der Waals surface area contributed by atoms with Gasteiger partial charge in [0.2, 0.25) is 0 Å². The number of aromatic hydroxyl groups is 1. The van der Waals surface area contributed by atoms with Crippen LogP contribution in [0.5, 0.6) is 5.75 Å². The molecule has 2 rings (SSSR count). The van der Waals surface area contributed by atoms with Crippen molar-refractivity contribution in [1.29, 1.82) is 0 Å². The summed E-state index contributed by atoms with van der Waals surface area (Å²) in [5, 5.41) is 10.6. The second-order valence-corrected chi connectivity index (χ2v) is 3.14. The summed E-state index contributed by atoms with van der Waals surface area (Å²) < 4.78 is 0. The van der Waals surface area contributed by atoms with Crippen LogP contribution in [0.15, 0.2) is 18.6 Å². The highest BCUT2D eigenvalue weighted by Gasteiger charge is 2.06. The van der Waals surface area contributed by atoms with Crippen molar-refractivity contribution in [3.8, 4) is 5.75 Å². The predicted octanol–water partition coefficient (Wildman–Crippen LogP) is 1.95. The van der Waals surface area contributed by atoms with Gasteiger partial charge in [-0.15, -0.1) is 0 Å². The average Bonchev–Trinajstić information content (AvgIpc) is 2.15. The normalized spacial score (nSPS) is 10.6. The van der Waals surface area contributed by atoms with Crippen LogP contribution < -0.4 is 0 Å². The van der Waals surface area contributed by atoms with E-state index in [9.17, 15) is 5.11 Å². The molecule has 0 spiro atoms. The molecule has 66 valence electrons. The van der Waals surface area contributed by atoms with Crippen molar-refractivity contribution in [2.75, 3.05) is 0 Å². The van der Waals surface area contributed by atoms with E-state index in [0.29, 0.717) is 5.52 Å². The minimum absolute atomic E-state index is 0.253. The zero-order chi connectivity index (χ0) is 9.42. The summed E-state index contributed by atoms with van der Waals surface area (Å²) in [6.07, 6.45) is 3.16. The van der Waals surface area contributed by atoms with Crippen LogP contribution in [0.2, 0.25) is 0 Å². The maximum Gasteiger partial charge on any atom is 0.144 e. The molecule has 3 heteroatoms. The molecule has 0 amide bonds. The van der Waals surface area contributed by atoms with Gasteiger partial charge >= 0.3 is 0 Å². The van der Waals surface area contributed by atoms with E-state index in [2.05, 4.69) is 9.97 Å². The van der Waals surface area contributed by atoms with E-state index < -0.39 is 0 Å². The van der Waals surface area contributed by atoms with Crippen LogP contribution in [-0.4, -0.2) is 15.1 Å². The fraction of sp³-hybridized carbons (Fsp3) is 0.200. The number of aromatic nitrogens is 2. The van der Waals surface area contributed by atoms with Gasteiger partial charge in [-0.1, -0.05) is 6.07 Å². The molecule has 0 aliphatic rings. The zero-order valence-electron chi connectivity index (χ0n) is 7.57. The van der Waals surface area contributed by atoms with Gasteiger partial charge in [-0.2, -0.15) is 0 Å².